The van der Waals surface area contributed by atoms with Crippen molar-refractivity contribution in [3.8, 4) is 6.19 Å². The van der Waals surface area contributed by atoms with Crippen LogP contribution < -0.4 is 5.32 Å². The number of nitriles is 1. The summed E-state index contributed by atoms with van der Waals surface area (Å²) in [5, 5.41) is 18.3. The van der Waals surface area contributed by atoms with E-state index in [4.69, 9.17) is 21.6 Å². The van der Waals surface area contributed by atoms with E-state index in [0.717, 1.165) is 47.5 Å². The molecular formula is C24H31ClN8. The van der Waals surface area contributed by atoms with Gasteiger partial charge in [-0.05, 0) is 43.9 Å². The third kappa shape index (κ3) is 5.79. The van der Waals surface area contributed by atoms with Gasteiger partial charge in [0.15, 0.2) is 11.8 Å². The number of unbranched alkanes of at least 4 members (excludes halogenated alkanes) is 1. The Morgan fingerprint density at radius 1 is 1.27 bits per heavy atom. The molecule has 0 bridgehead atoms. The van der Waals surface area contributed by atoms with Crippen LogP contribution in [0.5, 0.6) is 0 Å². The monoisotopic (exact) mass is 466 g/mol. The number of fused-ring (bicyclic) bond motifs is 1. The molecule has 33 heavy (non-hydrogen) atoms. The fourth-order valence-corrected chi connectivity index (χ4v) is 4.14. The Kier molecular flexibility index (Phi) is 7.88. The summed E-state index contributed by atoms with van der Waals surface area (Å²) in [6.07, 6.45) is 3.99. The Morgan fingerprint density at radius 3 is 2.67 bits per heavy atom. The van der Waals surface area contributed by atoms with Gasteiger partial charge in [-0.2, -0.15) is 10.4 Å². The first-order chi connectivity index (χ1) is 15.7. The van der Waals surface area contributed by atoms with Crippen molar-refractivity contribution in [1.82, 2.24) is 30.0 Å². The molecule has 0 saturated heterocycles. The Hall–Kier alpha value is -3.18. The summed E-state index contributed by atoms with van der Waals surface area (Å²) < 4.78 is 1.83. The first kappa shape index (κ1) is 24.5. The number of pyridine rings is 2. The largest absolute Gasteiger partial charge is 0.336 e. The fourth-order valence-electron chi connectivity index (χ4n) is 3.90. The van der Waals surface area contributed by atoms with Gasteiger partial charge in [-0.15, -0.1) is 0 Å². The zero-order valence-electron chi connectivity index (χ0n) is 20.1. The molecule has 0 aliphatic rings. The van der Waals surface area contributed by atoms with E-state index >= 15 is 0 Å². The Balaban J connectivity index is 2.06. The van der Waals surface area contributed by atoms with Gasteiger partial charge >= 0.3 is 0 Å². The second-order valence-electron chi connectivity index (χ2n) is 8.50. The predicted octanol–water partition coefficient (Wildman–Crippen LogP) is 5.12. The third-order valence-corrected chi connectivity index (χ3v) is 5.61. The highest BCUT2D eigenvalue weighted by Gasteiger charge is 2.19. The lowest BCUT2D eigenvalue weighted by Gasteiger charge is -2.25. The molecule has 3 aromatic heterocycles. The average Bonchev–Trinajstić information content (AvgIpc) is 3.03. The van der Waals surface area contributed by atoms with Crippen molar-refractivity contribution in [1.29, 1.82) is 5.26 Å². The molecule has 0 saturated carbocycles. The Labute approximate surface area is 200 Å². The average molecular weight is 467 g/mol. The summed E-state index contributed by atoms with van der Waals surface area (Å²) >= 11 is 6.13. The first-order valence-corrected chi connectivity index (χ1v) is 11.6. The predicted molar refractivity (Wildman–Crippen MR) is 132 cm³/mol. The van der Waals surface area contributed by atoms with Gasteiger partial charge in [0.2, 0.25) is 5.96 Å². The minimum absolute atomic E-state index is 0.327. The minimum atomic E-state index is 0.327. The van der Waals surface area contributed by atoms with Gasteiger partial charge in [0.1, 0.15) is 5.15 Å². The van der Waals surface area contributed by atoms with Crippen LogP contribution >= 0.6 is 11.6 Å². The third-order valence-electron chi connectivity index (χ3n) is 5.42. The summed E-state index contributed by atoms with van der Waals surface area (Å²) in [7, 11) is 1.92. The summed E-state index contributed by atoms with van der Waals surface area (Å²) in [4.78, 5) is 15.9. The van der Waals surface area contributed by atoms with E-state index in [1.165, 1.54) is 5.56 Å². The topological polar surface area (TPSA) is 95.0 Å². The van der Waals surface area contributed by atoms with Crippen LogP contribution in [0.3, 0.4) is 0 Å². The number of aliphatic imine (C=N–C) groups is 1. The van der Waals surface area contributed by atoms with Crippen molar-refractivity contribution in [2.24, 2.45) is 12.0 Å². The molecule has 3 rings (SSSR count). The molecular weight excluding hydrogens is 436 g/mol. The lowest BCUT2D eigenvalue weighted by molar-refractivity contribution is 0.388. The van der Waals surface area contributed by atoms with Gasteiger partial charge in [-0.3, -0.25) is 10.00 Å². The lowest BCUT2D eigenvalue weighted by atomic mass is 9.98. The van der Waals surface area contributed by atoms with Crippen molar-refractivity contribution in [3.63, 3.8) is 0 Å². The Bertz CT molecular complexity index is 1190. The number of guanidine groups is 1. The highest BCUT2D eigenvalue weighted by molar-refractivity contribution is 6.29. The van der Waals surface area contributed by atoms with Crippen LogP contribution in [0.2, 0.25) is 5.15 Å². The van der Waals surface area contributed by atoms with Gasteiger partial charge in [-0.1, -0.05) is 38.8 Å². The van der Waals surface area contributed by atoms with Crippen LogP contribution in [0.4, 0.5) is 5.69 Å². The zero-order valence-corrected chi connectivity index (χ0v) is 20.9. The minimum Gasteiger partial charge on any atom is -0.336 e. The maximum absolute atomic E-state index is 9.43. The van der Waals surface area contributed by atoms with Gasteiger partial charge in [0, 0.05) is 30.7 Å². The molecule has 3 heterocycles. The summed E-state index contributed by atoms with van der Waals surface area (Å²) in [5.74, 6) is 0.787. The highest BCUT2D eigenvalue weighted by atomic mass is 35.5. The zero-order chi connectivity index (χ0) is 24.1. The number of halogens is 1. The van der Waals surface area contributed by atoms with E-state index in [0.29, 0.717) is 29.3 Å². The molecule has 1 N–H and O–H groups in total. The summed E-state index contributed by atoms with van der Waals surface area (Å²) in [6.45, 7) is 11.6. The molecule has 0 aliphatic carbocycles. The molecule has 8 nitrogen and oxygen atoms in total. The molecule has 0 spiro atoms. The van der Waals surface area contributed by atoms with Crippen molar-refractivity contribution in [2.45, 2.75) is 59.9 Å². The van der Waals surface area contributed by atoms with Crippen LogP contribution in [0.25, 0.3) is 11.0 Å². The smallest absolute Gasteiger partial charge is 0.212 e. The fraction of sp³-hybridized carbons (Fsp3) is 0.458. The molecule has 0 amide bonds. The summed E-state index contributed by atoms with van der Waals surface area (Å²) in [6, 6.07) is 5.67. The molecule has 9 heteroatoms. The molecule has 0 atom stereocenters. The number of nitrogens with zero attached hydrogens (tertiary/aromatic N) is 7. The van der Waals surface area contributed by atoms with Crippen molar-refractivity contribution in [3.05, 3.63) is 46.0 Å². The van der Waals surface area contributed by atoms with E-state index < -0.39 is 0 Å². The number of hydrogen-bond donors (Lipinski definition) is 1. The molecule has 0 radical (unpaired) electrons. The molecule has 0 unspecified atom stereocenters. The maximum atomic E-state index is 9.43. The van der Waals surface area contributed by atoms with Gasteiger partial charge in [0.05, 0.1) is 23.6 Å². The van der Waals surface area contributed by atoms with E-state index in [2.05, 4.69) is 47.1 Å². The quantitative estimate of drug-likeness (QED) is 0.171. The number of aryl methyl sites for hydroxylation is 3. The van der Waals surface area contributed by atoms with Crippen LogP contribution in [0, 0.1) is 25.3 Å². The SMILES string of the molecule is CCCCN(Cc1cc(C(C)C)c2c(C)nn(C)c2n1)C(=Nc1cc(C)nc(Cl)c1)NC#N. The molecule has 174 valence electrons. The lowest BCUT2D eigenvalue weighted by Crippen LogP contribution is -2.39. The van der Waals surface area contributed by atoms with Crippen LogP contribution in [0.15, 0.2) is 23.2 Å². The number of nitrogens with one attached hydrogen (secondary N) is 1. The normalized spacial score (nSPS) is 11.8. The molecule has 0 aliphatic heterocycles. The molecule has 0 aromatic carbocycles. The number of aromatic nitrogens is 4. The molecule has 0 fully saturated rings. The Morgan fingerprint density at radius 2 is 2.03 bits per heavy atom. The van der Waals surface area contributed by atoms with Gasteiger partial charge in [0.25, 0.3) is 0 Å². The van der Waals surface area contributed by atoms with E-state index in [1.807, 2.05) is 37.8 Å². The highest BCUT2D eigenvalue weighted by Crippen LogP contribution is 2.28. The van der Waals surface area contributed by atoms with E-state index in [1.54, 1.807) is 6.07 Å². The van der Waals surface area contributed by atoms with Crippen molar-refractivity contribution < 1.29 is 0 Å². The second kappa shape index (κ2) is 10.6. The second-order valence-corrected chi connectivity index (χ2v) is 8.89. The van der Waals surface area contributed by atoms with E-state index in [9.17, 15) is 5.26 Å². The number of hydrogen-bond acceptors (Lipinski definition) is 5. The maximum Gasteiger partial charge on any atom is 0.212 e. The van der Waals surface area contributed by atoms with Gasteiger partial charge < -0.3 is 4.90 Å². The van der Waals surface area contributed by atoms with Crippen LogP contribution in [-0.2, 0) is 13.6 Å². The van der Waals surface area contributed by atoms with Crippen LogP contribution in [0.1, 0.15) is 62.2 Å². The number of rotatable bonds is 7. The summed E-state index contributed by atoms with van der Waals surface area (Å²) in [5.41, 5.74) is 5.38. The van der Waals surface area contributed by atoms with Gasteiger partial charge in [-0.25, -0.2) is 15.0 Å². The van der Waals surface area contributed by atoms with Crippen LogP contribution in [-0.4, -0.2) is 37.2 Å². The standard InChI is InChI=1S/C24H31ClN8/c1-7-8-9-33(24(27-14-26)30-18-10-16(4)28-21(25)12-18)13-19-11-20(15(2)3)22-17(5)31-32(6)23(22)29-19/h10-12,15H,7-9,13H2,1-6H3,(H,27,28,30). The van der Waals surface area contributed by atoms with E-state index in [-0.39, 0.29) is 0 Å². The van der Waals surface area contributed by atoms with Crippen molar-refractivity contribution in [2.75, 3.05) is 6.54 Å². The molecule has 3 aromatic rings. The first-order valence-electron chi connectivity index (χ1n) is 11.2. The van der Waals surface area contributed by atoms with Crippen molar-refractivity contribution >= 4 is 34.3 Å².